The number of rotatable bonds is 6. The second kappa shape index (κ2) is 11.2. The van der Waals surface area contributed by atoms with E-state index in [0.717, 1.165) is 56.6 Å². The van der Waals surface area contributed by atoms with Crippen LogP contribution in [0.5, 0.6) is 0 Å². The maximum absolute atomic E-state index is 12.7. The number of hydrogen-bond donors (Lipinski definition) is 3. The van der Waals surface area contributed by atoms with Gasteiger partial charge < -0.3 is 20.5 Å². The molecule has 4 aliphatic rings. The molecule has 0 spiro atoms. The summed E-state index contributed by atoms with van der Waals surface area (Å²) in [6.07, 6.45) is 10.6. The number of nitrogens with two attached hydrogens (primary N) is 1. The normalized spacial score (nSPS) is 39.1. The highest BCUT2D eigenvalue weighted by atomic mass is 32.2. The Hall–Kier alpha value is -1.64. The number of ketones is 1. The number of fused-ring (bicyclic) bond motifs is 5. The van der Waals surface area contributed by atoms with Gasteiger partial charge in [-0.1, -0.05) is 37.2 Å². The van der Waals surface area contributed by atoms with E-state index in [1.807, 2.05) is 0 Å². The minimum atomic E-state index is -1.26. The highest BCUT2D eigenvalue weighted by Gasteiger charge is 2.61. The summed E-state index contributed by atoms with van der Waals surface area (Å²) < 4.78 is 12.7. The lowest BCUT2D eigenvalue weighted by Crippen LogP contribution is -2.55. The Balaban J connectivity index is 0.000000371. The predicted octanol–water partition coefficient (Wildman–Crippen LogP) is 3.94. The molecule has 8 heteroatoms. The lowest BCUT2D eigenvalue weighted by atomic mass is 9.44. The molecule has 0 amide bonds. The molecule has 0 radical (unpaired) electrons. The molecular weight excluding hydrogens is 466 g/mol. The van der Waals surface area contributed by atoms with Crippen molar-refractivity contribution in [1.82, 2.24) is 0 Å². The van der Waals surface area contributed by atoms with E-state index in [4.69, 9.17) is 15.9 Å². The standard InChI is InChI=1S/C23H37NO2S.C4H4O4/c1-15-13-17-18-5-6-21(25)23(18,3)10-8-19(17)22(2)9-7-16(14-20(15)22)27(26)12-4-11-24;5-3(6)1-2-4(7)8/h16-20H,1,4-14,24H2,2-3H3;1-2H,(H,5,6)(H,7,8)/b;2-1+/t16-,17-,18-,19-,20+,22+,23-,27?;/m0./s1. The zero-order chi connectivity index (χ0) is 26.0. The Morgan fingerprint density at radius 2 is 1.80 bits per heavy atom. The largest absolute Gasteiger partial charge is 0.616 e. The lowest BCUT2D eigenvalue weighted by molar-refractivity contribution is -0.135. The van der Waals surface area contributed by atoms with Crippen LogP contribution in [0.1, 0.15) is 71.6 Å². The van der Waals surface area contributed by atoms with E-state index in [2.05, 4.69) is 20.4 Å². The number of carboxylic acid groups (broad SMARTS) is 2. The van der Waals surface area contributed by atoms with E-state index in [0.29, 0.717) is 52.9 Å². The van der Waals surface area contributed by atoms with E-state index < -0.39 is 23.1 Å². The van der Waals surface area contributed by atoms with Crippen molar-refractivity contribution in [2.45, 2.75) is 76.9 Å². The summed E-state index contributed by atoms with van der Waals surface area (Å²) in [6.45, 7) is 9.92. The Bertz CT molecular complexity index is 858. The Kier molecular flexibility index (Phi) is 8.92. The van der Waals surface area contributed by atoms with Gasteiger partial charge in [-0.05, 0) is 74.2 Å². The molecule has 0 bridgehead atoms. The van der Waals surface area contributed by atoms with E-state index in [-0.39, 0.29) is 5.41 Å². The van der Waals surface area contributed by atoms with Crippen LogP contribution < -0.4 is 5.73 Å². The molecule has 0 saturated heterocycles. The van der Waals surface area contributed by atoms with Crippen molar-refractivity contribution in [3.8, 4) is 0 Å². The quantitative estimate of drug-likeness (QED) is 0.281. The van der Waals surface area contributed by atoms with Crippen molar-refractivity contribution in [2.75, 3.05) is 12.3 Å². The summed E-state index contributed by atoms with van der Waals surface area (Å²) >= 11 is -0.746. The molecule has 35 heavy (non-hydrogen) atoms. The molecule has 4 N–H and O–H groups in total. The van der Waals surface area contributed by atoms with Crippen molar-refractivity contribution in [2.24, 2.45) is 40.2 Å². The van der Waals surface area contributed by atoms with Crippen molar-refractivity contribution < 1.29 is 29.1 Å². The maximum Gasteiger partial charge on any atom is 0.328 e. The third-order valence-electron chi connectivity index (χ3n) is 9.57. The molecule has 0 aromatic carbocycles. The van der Waals surface area contributed by atoms with Crippen molar-refractivity contribution >= 4 is 28.9 Å². The second-order valence-corrected chi connectivity index (χ2v) is 13.2. The fourth-order valence-electron chi connectivity index (χ4n) is 7.75. The first-order valence-corrected chi connectivity index (χ1v) is 14.2. The smallest absolute Gasteiger partial charge is 0.328 e. The third-order valence-corrected chi connectivity index (χ3v) is 11.4. The molecule has 7 nitrogen and oxygen atoms in total. The number of allylic oxidation sites excluding steroid dienone is 1. The summed E-state index contributed by atoms with van der Waals surface area (Å²) in [4.78, 5) is 31.7. The van der Waals surface area contributed by atoms with E-state index >= 15 is 0 Å². The van der Waals surface area contributed by atoms with Crippen LogP contribution in [0, 0.1) is 34.5 Å². The molecule has 4 fully saturated rings. The van der Waals surface area contributed by atoms with Gasteiger partial charge in [0.1, 0.15) is 16.8 Å². The molecular formula is C27H41NO6S. The molecule has 0 heterocycles. The van der Waals surface area contributed by atoms with Gasteiger partial charge in [-0.15, -0.1) is 0 Å². The van der Waals surface area contributed by atoms with Crippen molar-refractivity contribution in [3.05, 3.63) is 24.3 Å². The number of carbonyl (C=O) groups excluding carboxylic acids is 1. The van der Waals surface area contributed by atoms with Crippen LogP contribution in [0.25, 0.3) is 0 Å². The van der Waals surface area contributed by atoms with E-state index in [1.54, 1.807) is 0 Å². The highest BCUT2D eigenvalue weighted by Crippen LogP contribution is 2.66. The molecule has 0 aromatic rings. The molecule has 0 aliphatic heterocycles. The van der Waals surface area contributed by atoms with E-state index in [9.17, 15) is 18.9 Å². The lowest BCUT2D eigenvalue weighted by Gasteiger charge is -2.60. The average Bonchev–Trinajstić information content (AvgIpc) is 3.11. The van der Waals surface area contributed by atoms with Crippen LogP contribution >= 0.6 is 0 Å². The van der Waals surface area contributed by atoms with Gasteiger partial charge in [-0.25, -0.2) is 9.59 Å². The van der Waals surface area contributed by atoms with Crippen molar-refractivity contribution in [3.63, 3.8) is 0 Å². The van der Waals surface area contributed by atoms with Gasteiger partial charge in [0.05, 0.1) is 0 Å². The highest BCUT2D eigenvalue weighted by molar-refractivity contribution is 7.92. The van der Waals surface area contributed by atoms with Gasteiger partial charge in [0.2, 0.25) is 0 Å². The van der Waals surface area contributed by atoms with Crippen LogP contribution in [0.15, 0.2) is 24.3 Å². The Labute approximate surface area is 211 Å². The summed E-state index contributed by atoms with van der Waals surface area (Å²) in [5.41, 5.74) is 7.24. The van der Waals surface area contributed by atoms with Gasteiger partial charge in [0, 0.05) is 36.8 Å². The molecule has 196 valence electrons. The zero-order valence-corrected chi connectivity index (χ0v) is 21.9. The van der Waals surface area contributed by atoms with Gasteiger partial charge in [-0.2, -0.15) is 0 Å². The summed E-state index contributed by atoms with van der Waals surface area (Å²) in [5, 5.41) is 15.9. The molecule has 4 rings (SSSR count). The summed E-state index contributed by atoms with van der Waals surface area (Å²) in [6, 6.07) is 0. The number of Topliss-reactive ketones (excluding diaryl/α,β-unsaturated/α-hetero) is 1. The van der Waals surface area contributed by atoms with E-state index in [1.165, 1.54) is 18.4 Å². The predicted molar refractivity (Wildman–Crippen MR) is 136 cm³/mol. The first-order valence-electron chi connectivity index (χ1n) is 12.9. The monoisotopic (exact) mass is 507 g/mol. The van der Waals surface area contributed by atoms with Gasteiger partial charge in [0.15, 0.2) is 0 Å². The molecule has 4 aliphatic carbocycles. The van der Waals surface area contributed by atoms with Gasteiger partial charge in [-0.3, -0.25) is 4.79 Å². The average molecular weight is 508 g/mol. The number of aliphatic carboxylic acids is 2. The molecule has 1 unspecified atom stereocenters. The minimum absolute atomic E-state index is 0.0639. The molecule has 8 atom stereocenters. The zero-order valence-electron chi connectivity index (χ0n) is 21.0. The summed E-state index contributed by atoms with van der Waals surface area (Å²) in [7, 11) is 0. The van der Waals surface area contributed by atoms with Crippen LogP contribution in [0.3, 0.4) is 0 Å². The number of carbonyl (C=O) groups is 3. The number of carboxylic acids is 2. The topological polar surface area (TPSA) is 141 Å². The first-order chi connectivity index (χ1) is 16.4. The van der Waals surface area contributed by atoms with Crippen LogP contribution in [0.2, 0.25) is 0 Å². The Morgan fingerprint density at radius 1 is 1.14 bits per heavy atom. The molecule has 0 aromatic heterocycles. The molecule has 4 saturated carbocycles. The fourth-order valence-corrected chi connectivity index (χ4v) is 9.33. The Morgan fingerprint density at radius 3 is 2.40 bits per heavy atom. The third kappa shape index (κ3) is 5.70. The van der Waals surface area contributed by atoms with Crippen LogP contribution in [-0.2, 0) is 25.6 Å². The van der Waals surface area contributed by atoms with Crippen LogP contribution in [-0.4, -0.2) is 50.0 Å². The van der Waals surface area contributed by atoms with Crippen molar-refractivity contribution in [1.29, 1.82) is 0 Å². The maximum atomic E-state index is 12.7. The fraction of sp³-hybridized carbons (Fsp3) is 0.741. The van der Waals surface area contributed by atoms with Gasteiger partial charge in [0.25, 0.3) is 0 Å². The van der Waals surface area contributed by atoms with Gasteiger partial charge >= 0.3 is 11.9 Å². The summed E-state index contributed by atoms with van der Waals surface area (Å²) in [5.74, 6) is 1.20. The SMILES string of the molecule is C=C1C[C@@H]2[C@H](CC[C@]3(C)C(=O)CC[C@@H]23)[C@@]2(C)CC[C@H]([S+]([O-])CCCN)C[C@H]12.O=C(O)/C=C/C(=O)O. The number of hydrogen-bond acceptors (Lipinski definition) is 5. The first kappa shape index (κ1) is 27.9. The second-order valence-electron chi connectivity index (χ2n) is 11.3. The van der Waals surface area contributed by atoms with Crippen LogP contribution in [0.4, 0.5) is 0 Å². The minimum Gasteiger partial charge on any atom is -0.616 e.